The lowest BCUT2D eigenvalue weighted by molar-refractivity contribution is 0.350. The van der Waals surface area contributed by atoms with Gasteiger partial charge in [0.05, 0.1) is 0 Å². The minimum Gasteiger partial charge on any atom is -0.421 e. The van der Waals surface area contributed by atoms with Crippen LogP contribution in [0, 0.1) is 0 Å². The molecule has 0 saturated carbocycles. The van der Waals surface area contributed by atoms with Crippen LogP contribution in [0.15, 0.2) is 4.99 Å². The Morgan fingerprint density at radius 3 is 2.00 bits per heavy atom. The number of hydrogen-bond acceptors (Lipinski definition) is 3. The van der Waals surface area contributed by atoms with Crippen molar-refractivity contribution in [1.29, 1.82) is 0 Å². The molecule has 60 valence electrons. The molecular formula is C6H15NO2Si. The largest absolute Gasteiger partial charge is 0.421 e. The third-order valence-electron chi connectivity index (χ3n) is 0.591. The first-order valence-corrected chi connectivity index (χ1v) is 6.04. The van der Waals surface area contributed by atoms with E-state index in [9.17, 15) is 0 Å². The third kappa shape index (κ3) is 25.7. The highest BCUT2D eigenvalue weighted by molar-refractivity contribution is 6.48. The molecule has 0 amide bonds. The van der Waals surface area contributed by atoms with E-state index < -0.39 is 9.04 Å². The number of rotatable bonds is 2. The SMILES string of the molecule is CCO[SiH](C)C.CN=C=O. The number of hydrogen-bond donors (Lipinski definition) is 0. The summed E-state index contributed by atoms with van der Waals surface area (Å²) in [6, 6.07) is 0. The molecule has 0 aromatic heterocycles. The standard InChI is InChI=1S/C4H12OSi.C2H3NO/c1-4-5-6(2)3;1-3-2-4/h6H,4H2,1-3H3;1H3. The molecule has 0 N–H and O–H groups in total. The lowest BCUT2D eigenvalue weighted by Gasteiger charge is -1.98. The highest BCUT2D eigenvalue weighted by Gasteiger charge is 1.87. The van der Waals surface area contributed by atoms with Crippen LogP contribution in [0.4, 0.5) is 0 Å². The van der Waals surface area contributed by atoms with Crippen LogP contribution in [0.5, 0.6) is 0 Å². The molecule has 0 fully saturated rings. The van der Waals surface area contributed by atoms with Gasteiger partial charge in [0.25, 0.3) is 0 Å². The topological polar surface area (TPSA) is 38.7 Å². The Morgan fingerprint density at radius 1 is 1.60 bits per heavy atom. The average Bonchev–Trinajstić information content (AvgIpc) is 1.89. The summed E-state index contributed by atoms with van der Waals surface area (Å²) < 4.78 is 5.18. The van der Waals surface area contributed by atoms with Crippen LogP contribution in [0.3, 0.4) is 0 Å². The quantitative estimate of drug-likeness (QED) is 0.344. The van der Waals surface area contributed by atoms with Crippen LogP contribution in [-0.4, -0.2) is 28.8 Å². The van der Waals surface area contributed by atoms with Gasteiger partial charge in [0.2, 0.25) is 6.08 Å². The van der Waals surface area contributed by atoms with Crippen LogP contribution in [0.1, 0.15) is 6.92 Å². The van der Waals surface area contributed by atoms with Crippen molar-refractivity contribution in [2.75, 3.05) is 13.7 Å². The maximum absolute atomic E-state index is 8.88. The molecule has 0 bridgehead atoms. The number of carbonyl (C=O) groups excluding carboxylic acids is 1. The third-order valence-corrected chi connectivity index (χ3v) is 1.59. The van der Waals surface area contributed by atoms with E-state index in [4.69, 9.17) is 9.22 Å². The fourth-order valence-corrected chi connectivity index (χ4v) is 1.00. The average molecular weight is 161 g/mol. The van der Waals surface area contributed by atoms with Gasteiger partial charge in [-0.2, -0.15) is 0 Å². The molecule has 0 rings (SSSR count). The van der Waals surface area contributed by atoms with E-state index in [-0.39, 0.29) is 0 Å². The van der Waals surface area contributed by atoms with Gasteiger partial charge in [-0.1, -0.05) is 0 Å². The van der Waals surface area contributed by atoms with Gasteiger partial charge >= 0.3 is 0 Å². The van der Waals surface area contributed by atoms with E-state index in [1.807, 2.05) is 6.92 Å². The molecule has 0 unspecified atom stereocenters. The van der Waals surface area contributed by atoms with Gasteiger partial charge in [0.15, 0.2) is 9.04 Å². The highest BCUT2D eigenvalue weighted by atomic mass is 28.3. The second-order valence-corrected chi connectivity index (χ2v) is 4.25. The van der Waals surface area contributed by atoms with Crippen molar-refractivity contribution in [2.24, 2.45) is 4.99 Å². The predicted octanol–water partition coefficient (Wildman–Crippen LogP) is 0.958. The number of aliphatic imine (C=N–C) groups is 1. The van der Waals surface area contributed by atoms with E-state index in [1.165, 1.54) is 13.1 Å². The zero-order valence-electron chi connectivity index (χ0n) is 7.05. The monoisotopic (exact) mass is 161 g/mol. The Labute approximate surface area is 63.8 Å². The number of isocyanates is 1. The zero-order chi connectivity index (χ0) is 8.41. The summed E-state index contributed by atoms with van der Waals surface area (Å²) in [6.07, 6.45) is 1.31. The van der Waals surface area contributed by atoms with Crippen molar-refractivity contribution in [2.45, 2.75) is 20.0 Å². The summed E-state index contributed by atoms with van der Waals surface area (Å²) in [4.78, 5) is 11.8. The summed E-state index contributed by atoms with van der Waals surface area (Å²) in [5.41, 5.74) is 0. The second-order valence-electron chi connectivity index (χ2n) is 1.82. The van der Waals surface area contributed by atoms with E-state index in [2.05, 4.69) is 18.1 Å². The molecule has 4 heteroatoms. The van der Waals surface area contributed by atoms with E-state index >= 15 is 0 Å². The van der Waals surface area contributed by atoms with Gasteiger partial charge in [-0.25, -0.2) is 9.79 Å². The lowest BCUT2D eigenvalue weighted by atomic mass is 10.9. The zero-order valence-corrected chi connectivity index (χ0v) is 8.20. The molecule has 3 nitrogen and oxygen atoms in total. The summed E-state index contributed by atoms with van der Waals surface area (Å²) in [5.74, 6) is 0. The molecule has 10 heavy (non-hydrogen) atoms. The van der Waals surface area contributed by atoms with Crippen LogP contribution in [0.2, 0.25) is 13.1 Å². The molecule has 0 aliphatic rings. The van der Waals surface area contributed by atoms with Gasteiger partial charge in [-0.3, -0.25) is 0 Å². The smallest absolute Gasteiger partial charge is 0.234 e. The van der Waals surface area contributed by atoms with Crippen molar-refractivity contribution < 1.29 is 9.22 Å². The molecule has 0 aromatic carbocycles. The van der Waals surface area contributed by atoms with Gasteiger partial charge in [0, 0.05) is 13.7 Å². The summed E-state index contributed by atoms with van der Waals surface area (Å²) in [5, 5.41) is 0. The molecule has 0 radical (unpaired) electrons. The maximum Gasteiger partial charge on any atom is 0.234 e. The van der Waals surface area contributed by atoms with Gasteiger partial charge < -0.3 is 4.43 Å². The minimum absolute atomic E-state index is 0.671. The van der Waals surface area contributed by atoms with Crippen molar-refractivity contribution >= 4 is 15.1 Å². The summed E-state index contributed by atoms with van der Waals surface area (Å²) in [6.45, 7) is 7.27. The maximum atomic E-state index is 8.88. The lowest BCUT2D eigenvalue weighted by Crippen LogP contribution is -2.05. The fraction of sp³-hybridized carbons (Fsp3) is 0.833. The molecule has 0 aliphatic heterocycles. The van der Waals surface area contributed by atoms with Crippen molar-refractivity contribution in [3.8, 4) is 0 Å². The fourth-order valence-electron chi connectivity index (χ4n) is 0.333. The van der Waals surface area contributed by atoms with E-state index in [0.29, 0.717) is 0 Å². The Kier molecular flexibility index (Phi) is 13.9. The Balaban J connectivity index is 0. The molecular weight excluding hydrogens is 146 g/mol. The molecule has 0 atom stereocenters. The molecule has 0 spiro atoms. The van der Waals surface area contributed by atoms with Gasteiger partial charge in [0.1, 0.15) is 0 Å². The minimum atomic E-state index is -0.671. The normalized spacial score (nSPS) is 7.70. The highest BCUT2D eigenvalue weighted by Crippen LogP contribution is 1.79. The van der Waals surface area contributed by atoms with E-state index in [1.54, 1.807) is 0 Å². The molecule has 0 aliphatic carbocycles. The number of nitrogens with zero attached hydrogens (tertiary/aromatic N) is 1. The molecule has 0 heterocycles. The molecule has 0 saturated heterocycles. The van der Waals surface area contributed by atoms with Crippen molar-refractivity contribution in [3.63, 3.8) is 0 Å². The van der Waals surface area contributed by atoms with Crippen LogP contribution >= 0.6 is 0 Å². The summed E-state index contributed by atoms with van der Waals surface area (Å²) >= 11 is 0. The second kappa shape index (κ2) is 11.4. The Bertz CT molecular complexity index is 99.9. The van der Waals surface area contributed by atoms with Crippen LogP contribution in [0.25, 0.3) is 0 Å². The van der Waals surface area contributed by atoms with Gasteiger partial charge in [-0.15, -0.1) is 0 Å². The first-order valence-electron chi connectivity index (χ1n) is 3.26. The van der Waals surface area contributed by atoms with Crippen molar-refractivity contribution in [1.82, 2.24) is 0 Å². The Hall–Kier alpha value is -0.443. The first-order chi connectivity index (χ1) is 4.68. The predicted molar refractivity (Wildman–Crippen MR) is 44.5 cm³/mol. The van der Waals surface area contributed by atoms with E-state index in [0.717, 1.165) is 6.61 Å². The Morgan fingerprint density at radius 2 is 2.00 bits per heavy atom. The molecule has 0 aromatic rings. The summed E-state index contributed by atoms with van der Waals surface area (Å²) in [7, 11) is 0.711. The van der Waals surface area contributed by atoms with Crippen molar-refractivity contribution in [3.05, 3.63) is 0 Å². The van der Waals surface area contributed by atoms with Gasteiger partial charge in [-0.05, 0) is 20.0 Å². The van der Waals surface area contributed by atoms with Crippen LogP contribution < -0.4 is 0 Å². The first kappa shape index (κ1) is 12.3. The van der Waals surface area contributed by atoms with Crippen LogP contribution in [-0.2, 0) is 9.22 Å².